The summed E-state index contributed by atoms with van der Waals surface area (Å²) in [6.45, 7) is 12.8. The first kappa shape index (κ1) is 19.9. The monoisotopic (exact) mass is 359 g/mol. The maximum Gasteiger partial charge on any atom is 0.0635 e. The van der Waals surface area contributed by atoms with Gasteiger partial charge >= 0.3 is 0 Å². The van der Waals surface area contributed by atoms with Crippen LogP contribution in [0, 0.1) is 5.92 Å². The van der Waals surface area contributed by atoms with Crippen molar-refractivity contribution in [2.24, 2.45) is 5.92 Å². The lowest BCUT2D eigenvalue weighted by atomic mass is 9.67. The molecule has 1 N–H and O–H groups in total. The van der Waals surface area contributed by atoms with Gasteiger partial charge in [0.15, 0.2) is 0 Å². The van der Waals surface area contributed by atoms with Gasteiger partial charge in [-0.25, -0.2) is 0 Å². The molecule has 0 aliphatic carbocycles. The molecule has 0 amide bonds. The number of hydrogen-bond acceptors (Lipinski definition) is 3. The number of nitrogens with one attached hydrogen (secondary N) is 1. The molecule has 3 heteroatoms. The third-order valence-corrected chi connectivity index (χ3v) is 6.24. The van der Waals surface area contributed by atoms with E-state index in [1.165, 1.54) is 18.4 Å². The second-order valence-corrected chi connectivity index (χ2v) is 9.60. The smallest absolute Gasteiger partial charge is 0.0635 e. The first-order valence-electron chi connectivity index (χ1n) is 10.3. The molecular weight excluding hydrogens is 322 g/mol. The van der Waals surface area contributed by atoms with Crippen LogP contribution >= 0.6 is 0 Å². The highest BCUT2D eigenvalue weighted by Crippen LogP contribution is 2.43. The van der Waals surface area contributed by atoms with Crippen LogP contribution in [-0.2, 0) is 14.9 Å². The number of hydrogen-bond donors (Lipinski definition) is 1. The van der Waals surface area contributed by atoms with E-state index >= 15 is 0 Å². The van der Waals surface area contributed by atoms with Crippen molar-refractivity contribution < 1.29 is 9.47 Å². The van der Waals surface area contributed by atoms with Gasteiger partial charge in [0.25, 0.3) is 0 Å². The second-order valence-electron chi connectivity index (χ2n) is 9.60. The molecule has 0 radical (unpaired) electrons. The Morgan fingerprint density at radius 2 is 1.73 bits per heavy atom. The molecule has 2 unspecified atom stereocenters. The molecule has 146 valence electrons. The molecule has 2 atom stereocenters. The number of ether oxygens (including phenoxy) is 2. The van der Waals surface area contributed by atoms with E-state index in [1.54, 1.807) is 0 Å². The van der Waals surface area contributed by atoms with Gasteiger partial charge in [-0.05, 0) is 84.4 Å². The zero-order valence-electron chi connectivity index (χ0n) is 17.1. The Labute approximate surface area is 159 Å². The Morgan fingerprint density at radius 1 is 1.00 bits per heavy atom. The lowest BCUT2D eigenvalue weighted by Gasteiger charge is -2.45. The highest BCUT2D eigenvalue weighted by Gasteiger charge is 2.41. The van der Waals surface area contributed by atoms with Gasteiger partial charge in [0.2, 0.25) is 0 Å². The van der Waals surface area contributed by atoms with Crippen molar-refractivity contribution in [3.8, 4) is 0 Å². The summed E-state index contributed by atoms with van der Waals surface area (Å²) < 4.78 is 11.9. The maximum atomic E-state index is 6.03. The quantitative estimate of drug-likeness (QED) is 0.747. The molecule has 3 nitrogen and oxygen atoms in total. The van der Waals surface area contributed by atoms with Crippen LogP contribution < -0.4 is 5.32 Å². The summed E-state index contributed by atoms with van der Waals surface area (Å²) in [6.07, 6.45) is 5.73. The number of benzene rings is 1. The van der Waals surface area contributed by atoms with E-state index in [9.17, 15) is 0 Å². The van der Waals surface area contributed by atoms with Crippen molar-refractivity contribution >= 4 is 0 Å². The minimum Gasteiger partial charge on any atom is -0.376 e. The molecule has 2 aliphatic heterocycles. The average Bonchev–Trinajstić information content (AvgIpc) is 2.58. The van der Waals surface area contributed by atoms with Gasteiger partial charge in [0.1, 0.15) is 0 Å². The minimum absolute atomic E-state index is 0.0423. The van der Waals surface area contributed by atoms with Crippen LogP contribution in [-0.4, -0.2) is 37.5 Å². The van der Waals surface area contributed by atoms with Gasteiger partial charge in [0, 0.05) is 18.6 Å². The average molecular weight is 360 g/mol. The Kier molecular flexibility index (Phi) is 6.11. The van der Waals surface area contributed by atoms with Crippen molar-refractivity contribution in [3.05, 3.63) is 35.9 Å². The minimum atomic E-state index is -0.0428. The molecule has 26 heavy (non-hydrogen) atoms. The Balaban J connectivity index is 1.59. The summed E-state index contributed by atoms with van der Waals surface area (Å²) in [7, 11) is 0. The fourth-order valence-corrected chi connectivity index (χ4v) is 5.04. The van der Waals surface area contributed by atoms with Crippen LogP contribution in [0.3, 0.4) is 0 Å². The highest BCUT2D eigenvalue weighted by molar-refractivity contribution is 5.27. The van der Waals surface area contributed by atoms with E-state index < -0.39 is 0 Å². The van der Waals surface area contributed by atoms with Crippen molar-refractivity contribution in [3.63, 3.8) is 0 Å². The Hall–Kier alpha value is -0.900. The van der Waals surface area contributed by atoms with Gasteiger partial charge in [-0.15, -0.1) is 0 Å². The molecule has 0 bridgehead atoms. The molecule has 2 aliphatic rings. The van der Waals surface area contributed by atoms with Crippen LogP contribution in [0.2, 0.25) is 0 Å². The standard InChI is InChI=1S/C23H37NO2/c1-21(2)16-19(10-14-25-21)17-24-13-11-23(20-8-6-5-7-9-20)12-15-26-22(3,4)18-23/h5-9,19,24H,10-18H2,1-4H3. The van der Waals surface area contributed by atoms with E-state index in [1.807, 2.05) is 0 Å². The van der Waals surface area contributed by atoms with Crippen LogP contribution in [0.5, 0.6) is 0 Å². The van der Waals surface area contributed by atoms with E-state index in [4.69, 9.17) is 9.47 Å². The second kappa shape index (κ2) is 8.00. The summed E-state index contributed by atoms with van der Waals surface area (Å²) in [4.78, 5) is 0. The molecule has 0 saturated carbocycles. The lowest BCUT2D eigenvalue weighted by molar-refractivity contribution is -0.0845. The topological polar surface area (TPSA) is 30.5 Å². The fraction of sp³-hybridized carbons (Fsp3) is 0.739. The molecular formula is C23H37NO2. The molecule has 2 saturated heterocycles. The Bertz CT molecular complexity index is 569. The van der Waals surface area contributed by atoms with E-state index in [0.717, 1.165) is 51.5 Å². The van der Waals surface area contributed by atoms with Gasteiger partial charge in [0.05, 0.1) is 11.2 Å². The molecule has 3 rings (SSSR count). The molecule has 0 aromatic heterocycles. The van der Waals surface area contributed by atoms with Crippen LogP contribution in [0.4, 0.5) is 0 Å². The van der Waals surface area contributed by atoms with Crippen LogP contribution in [0.15, 0.2) is 30.3 Å². The van der Waals surface area contributed by atoms with Crippen LogP contribution in [0.25, 0.3) is 0 Å². The van der Waals surface area contributed by atoms with E-state index in [2.05, 4.69) is 63.3 Å². The summed E-state index contributed by atoms with van der Waals surface area (Å²) in [5.41, 5.74) is 1.70. The lowest BCUT2D eigenvalue weighted by Crippen LogP contribution is -2.45. The normalized spacial score (nSPS) is 30.8. The summed E-state index contributed by atoms with van der Waals surface area (Å²) in [6, 6.07) is 11.1. The molecule has 0 spiro atoms. The van der Waals surface area contributed by atoms with E-state index in [0.29, 0.717) is 0 Å². The first-order valence-corrected chi connectivity index (χ1v) is 10.3. The zero-order valence-corrected chi connectivity index (χ0v) is 17.1. The van der Waals surface area contributed by atoms with Crippen molar-refractivity contribution in [1.82, 2.24) is 5.32 Å². The van der Waals surface area contributed by atoms with Gasteiger partial charge in [-0.2, -0.15) is 0 Å². The largest absolute Gasteiger partial charge is 0.376 e. The predicted molar refractivity (Wildman–Crippen MR) is 108 cm³/mol. The SMILES string of the molecule is CC1(C)CC(CNCCC2(c3ccccc3)CCOC(C)(C)C2)CCO1. The Morgan fingerprint density at radius 3 is 2.42 bits per heavy atom. The number of rotatable bonds is 6. The van der Waals surface area contributed by atoms with Crippen LogP contribution in [0.1, 0.15) is 65.4 Å². The predicted octanol–water partition coefficient (Wildman–Crippen LogP) is 4.70. The van der Waals surface area contributed by atoms with Crippen molar-refractivity contribution in [1.29, 1.82) is 0 Å². The zero-order chi connectivity index (χ0) is 18.7. The molecule has 2 fully saturated rings. The fourth-order valence-electron chi connectivity index (χ4n) is 5.04. The van der Waals surface area contributed by atoms with Gasteiger partial charge in [-0.1, -0.05) is 30.3 Å². The summed E-state index contributed by atoms with van der Waals surface area (Å²) in [5.74, 6) is 0.734. The summed E-state index contributed by atoms with van der Waals surface area (Å²) in [5, 5.41) is 3.77. The third kappa shape index (κ3) is 5.09. The van der Waals surface area contributed by atoms with Crippen molar-refractivity contribution in [2.45, 2.75) is 76.4 Å². The molecule has 2 heterocycles. The molecule has 1 aromatic rings. The maximum absolute atomic E-state index is 6.03. The highest BCUT2D eigenvalue weighted by atomic mass is 16.5. The third-order valence-electron chi connectivity index (χ3n) is 6.24. The molecule has 1 aromatic carbocycles. The van der Waals surface area contributed by atoms with Gasteiger partial charge < -0.3 is 14.8 Å². The first-order chi connectivity index (χ1) is 12.3. The summed E-state index contributed by atoms with van der Waals surface area (Å²) >= 11 is 0. The van der Waals surface area contributed by atoms with Gasteiger partial charge in [-0.3, -0.25) is 0 Å². The van der Waals surface area contributed by atoms with E-state index in [-0.39, 0.29) is 16.6 Å². The van der Waals surface area contributed by atoms with Crippen molar-refractivity contribution in [2.75, 3.05) is 26.3 Å².